The largest absolute Gasteiger partial charge is 0.497 e. The number of carboxylic acid groups (broad SMARTS) is 1. The van der Waals surface area contributed by atoms with Gasteiger partial charge in [0.15, 0.2) is 10.9 Å². The number of benzene rings is 1. The molecule has 9 heteroatoms. The molecule has 0 amide bonds. The zero-order chi connectivity index (χ0) is 17.8. The van der Waals surface area contributed by atoms with E-state index >= 15 is 0 Å². The van der Waals surface area contributed by atoms with Crippen LogP contribution in [0, 0.1) is 0 Å². The Morgan fingerprint density at radius 2 is 2.12 bits per heavy atom. The summed E-state index contributed by atoms with van der Waals surface area (Å²) in [6, 6.07) is 8.78. The van der Waals surface area contributed by atoms with E-state index in [4.69, 9.17) is 19.0 Å². The number of furan rings is 1. The quantitative estimate of drug-likeness (QED) is 0.641. The van der Waals surface area contributed by atoms with Crippen molar-refractivity contribution in [2.45, 2.75) is 5.16 Å². The maximum absolute atomic E-state index is 10.9. The fourth-order valence-corrected chi connectivity index (χ4v) is 2.91. The molecule has 1 aromatic carbocycles. The smallest absolute Gasteiger partial charge is 0.313 e. The average Bonchev–Trinajstić information content (AvgIpc) is 3.28. The van der Waals surface area contributed by atoms with Crippen LogP contribution in [0.3, 0.4) is 0 Å². The van der Waals surface area contributed by atoms with Crippen molar-refractivity contribution >= 4 is 17.7 Å². The van der Waals surface area contributed by atoms with E-state index in [1.165, 1.54) is 6.26 Å². The lowest BCUT2D eigenvalue weighted by Gasteiger charge is -2.14. The van der Waals surface area contributed by atoms with Gasteiger partial charge in [-0.25, -0.2) is 0 Å². The minimum atomic E-state index is -0.944. The third kappa shape index (κ3) is 3.45. The summed E-state index contributed by atoms with van der Waals surface area (Å²) in [5, 5.41) is 17.6. The minimum absolute atomic E-state index is 0.144. The lowest BCUT2D eigenvalue weighted by Crippen LogP contribution is -2.04. The molecule has 3 aromatic rings. The van der Waals surface area contributed by atoms with Crippen molar-refractivity contribution in [2.24, 2.45) is 0 Å². The Morgan fingerprint density at radius 3 is 2.76 bits per heavy atom. The molecule has 0 unspecified atom stereocenters. The number of nitrogens with zero attached hydrogens (tertiary/aromatic N) is 3. The van der Waals surface area contributed by atoms with Gasteiger partial charge >= 0.3 is 5.97 Å². The molecule has 0 atom stereocenters. The number of aromatic nitrogens is 3. The van der Waals surface area contributed by atoms with Gasteiger partial charge in [0.25, 0.3) is 0 Å². The van der Waals surface area contributed by atoms with E-state index in [1.807, 2.05) is 0 Å². The molecule has 0 bridgehead atoms. The van der Waals surface area contributed by atoms with Gasteiger partial charge in [-0.05, 0) is 24.3 Å². The van der Waals surface area contributed by atoms with Crippen LogP contribution in [0.1, 0.15) is 0 Å². The van der Waals surface area contributed by atoms with E-state index in [0.717, 1.165) is 11.8 Å². The minimum Gasteiger partial charge on any atom is -0.497 e. The Kier molecular flexibility index (Phi) is 4.94. The molecule has 0 fully saturated rings. The fraction of sp³-hybridized carbons (Fsp3) is 0.188. The van der Waals surface area contributed by atoms with Crippen molar-refractivity contribution in [3.05, 3.63) is 36.6 Å². The molecule has 2 heterocycles. The summed E-state index contributed by atoms with van der Waals surface area (Å²) in [7, 11) is 3.11. The highest BCUT2D eigenvalue weighted by atomic mass is 32.2. The normalized spacial score (nSPS) is 10.6. The maximum atomic E-state index is 10.9. The van der Waals surface area contributed by atoms with Crippen LogP contribution in [0.25, 0.3) is 17.3 Å². The first-order valence-corrected chi connectivity index (χ1v) is 8.19. The first-order valence-electron chi connectivity index (χ1n) is 7.20. The topological polar surface area (TPSA) is 99.6 Å². The summed E-state index contributed by atoms with van der Waals surface area (Å²) in [6.07, 6.45) is 1.53. The number of carbonyl (C=O) groups is 1. The molecule has 0 aliphatic carbocycles. The van der Waals surface area contributed by atoms with Gasteiger partial charge in [0, 0.05) is 6.07 Å². The number of hydrogen-bond donors (Lipinski definition) is 1. The van der Waals surface area contributed by atoms with Gasteiger partial charge in [-0.2, -0.15) is 0 Å². The summed E-state index contributed by atoms with van der Waals surface area (Å²) < 4.78 is 17.8. The van der Waals surface area contributed by atoms with Crippen LogP contribution in [0.2, 0.25) is 0 Å². The van der Waals surface area contributed by atoms with Gasteiger partial charge in [-0.15, -0.1) is 10.2 Å². The average molecular weight is 361 g/mol. The fourth-order valence-electron chi connectivity index (χ4n) is 2.24. The highest BCUT2D eigenvalue weighted by molar-refractivity contribution is 7.99. The molecule has 0 radical (unpaired) electrons. The van der Waals surface area contributed by atoms with E-state index in [9.17, 15) is 4.79 Å². The second-order valence-electron chi connectivity index (χ2n) is 4.84. The Morgan fingerprint density at radius 1 is 1.28 bits per heavy atom. The monoisotopic (exact) mass is 361 g/mol. The van der Waals surface area contributed by atoms with Crippen molar-refractivity contribution in [1.82, 2.24) is 14.8 Å². The van der Waals surface area contributed by atoms with Crippen LogP contribution in [-0.2, 0) is 4.79 Å². The molecule has 0 saturated heterocycles. The third-order valence-electron chi connectivity index (χ3n) is 3.33. The lowest BCUT2D eigenvalue weighted by molar-refractivity contribution is -0.133. The summed E-state index contributed by atoms with van der Waals surface area (Å²) in [6.45, 7) is 0. The lowest BCUT2D eigenvalue weighted by atomic mass is 10.2. The van der Waals surface area contributed by atoms with Crippen molar-refractivity contribution < 1.29 is 23.8 Å². The summed E-state index contributed by atoms with van der Waals surface area (Å²) in [5.41, 5.74) is 0.646. The van der Waals surface area contributed by atoms with Crippen LogP contribution in [-0.4, -0.2) is 45.8 Å². The predicted octanol–water partition coefficient (Wildman–Crippen LogP) is 2.72. The zero-order valence-electron chi connectivity index (χ0n) is 13.5. The SMILES string of the molecule is COc1ccc(-n2c(SCC(=O)O)nnc2-c2ccco2)c(OC)c1. The molecular formula is C16H15N3O5S. The number of methoxy groups -OCH3 is 2. The number of ether oxygens (including phenoxy) is 2. The van der Waals surface area contributed by atoms with Gasteiger partial charge in [0.1, 0.15) is 11.5 Å². The molecule has 130 valence electrons. The molecule has 3 rings (SSSR count). The van der Waals surface area contributed by atoms with Gasteiger partial charge in [0.05, 0.1) is 31.9 Å². The molecule has 8 nitrogen and oxygen atoms in total. The van der Waals surface area contributed by atoms with Crippen LogP contribution >= 0.6 is 11.8 Å². The summed E-state index contributed by atoms with van der Waals surface area (Å²) in [4.78, 5) is 10.9. The standard InChI is InChI=1S/C16H15N3O5S/c1-22-10-5-6-11(13(8-10)23-2)19-15(12-4-3-7-24-12)17-18-16(19)25-9-14(20)21/h3-8H,9H2,1-2H3,(H,20,21). The van der Waals surface area contributed by atoms with Gasteiger partial charge in [-0.1, -0.05) is 11.8 Å². The predicted molar refractivity (Wildman–Crippen MR) is 90.5 cm³/mol. The van der Waals surface area contributed by atoms with E-state index < -0.39 is 5.97 Å². The summed E-state index contributed by atoms with van der Waals surface area (Å²) >= 11 is 1.06. The number of hydrogen-bond acceptors (Lipinski definition) is 7. The highest BCUT2D eigenvalue weighted by Crippen LogP contribution is 2.34. The van der Waals surface area contributed by atoms with Crippen LogP contribution in [0.15, 0.2) is 46.2 Å². The second-order valence-corrected chi connectivity index (χ2v) is 5.78. The third-order valence-corrected chi connectivity index (χ3v) is 4.24. The number of carboxylic acids is 1. The number of aliphatic carboxylic acids is 1. The van der Waals surface area contributed by atoms with Gasteiger partial charge < -0.3 is 19.0 Å². The van der Waals surface area contributed by atoms with E-state index in [2.05, 4.69) is 10.2 Å². The molecular weight excluding hydrogens is 346 g/mol. The van der Waals surface area contributed by atoms with Crippen molar-refractivity contribution in [3.63, 3.8) is 0 Å². The van der Waals surface area contributed by atoms with Gasteiger partial charge in [0.2, 0.25) is 5.82 Å². The zero-order valence-corrected chi connectivity index (χ0v) is 14.3. The molecule has 0 aliphatic heterocycles. The Labute approximate surface area is 147 Å². The number of thioether (sulfide) groups is 1. The molecule has 2 aromatic heterocycles. The van der Waals surface area contributed by atoms with Crippen molar-refractivity contribution in [3.8, 4) is 28.8 Å². The van der Waals surface area contributed by atoms with E-state index in [-0.39, 0.29) is 5.75 Å². The van der Waals surface area contributed by atoms with Crippen LogP contribution < -0.4 is 9.47 Å². The van der Waals surface area contributed by atoms with Crippen molar-refractivity contribution in [2.75, 3.05) is 20.0 Å². The van der Waals surface area contributed by atoms with Crippen LogP contribution in [0.5, 0.6) is 11.5 Å². The number of rotatable bonds is 7. The van der Waals surface area contributed by atoms with Gasteiger partial charge in [-0.3, -0.25) is 9.36 Å². The molecule has 0 spiro atoms. The molecule has 1 N–H and O–H groups in total. The van der Waals surface area contributed by atoms with Crippen molar-refractivity contribution in [1.29, 1.82) is 0 Å². The molecule has 25 heavy (non-hydrogen) atoms. The first-order chi connectivity index (χ1) is 12.1. The maximum Gasteiger partial charge on any atom is 0.313 e. The van der Waals surface area contributed by atoms with E-state index in [0.29, 0.717) is 33.9 Å². The first kappa shape index (κ1) is 16.9. The molecule has 0 aliphatic rings. The highest BCUT2D eigenvalue weighted by Gasteiger charge is 2.21. The van der Waals surface area contributed by atoms with E-state index in [1.54, 1.807) is 49.1 Å². The summed E-state index contributed by atoms with van der Waals surface area (Å²) in [5.74, 6) is 1.03. The van der Waals surface area contributed by atoms with Crippen LogP contribution in [0.4, 0.5) is 0 Å². The Balaban J connectivity index is 2.15. The Hall–Kier alpha value is -2.94. The Bertz CT molecular complexity index is 876. The molecule has 0 saturated carbocycles. The second kappa shape index (κ2) is 7.31.